The van der Waals surface area contributed by atoms with E-state index < -0.39 is 0 Å². The van der Waals surface area contributed by atoms with E-state index in [4.69, 9.17) is 4.74 Å². The molecule has 0 unspecified atom stereocenters. The van der Waals surface area contributed by atoms with Crippen molar-refractivity contribution in [2.75, 3.05) is 13.7 Å². The molecule has 100 valence electrons. The van der Waals surface area contributed by atoms with E-state index in [1.54, 1.807) is 0 Å². The number of benzene rings is 1. The molecule has 2 heterocycles. The van der Waals surface area contributed by atoms with Crippen LogP contribution in [0.2, 0.25) is 0 Å². The molecule has 1 aromatic rings. The third kappa shape index (κ3) is 1.84. The minimum atomic E-state index is -0.275. The van der Waals surface area contributed by atoms with Crippen molar-refractivity contribution in [2.24, 2.45) is 5.92 Å². The van der Waals surface area contributed by atoms with Gasteiger partial charge in [-0.1, -0.05) is 42.5 Å². The van der Waals surface area contributed by atoms with Gasteiger partial charge in [0.15, 0.2) is 0 Å². The molecule has 0 aromatic heterocycles. The maximum absolute atomic E-state index is 12.0. The summed E-state index contributed by atoms with van der Waals surface area (Å²) in [6.07, 6.45) is 5.31. The molecule has 4 rings (SSSR count). The summed E-state index contributed by atoms with van der Waals surface area (Å²) in [7, 11) is 1.45. The third-order valence-corrected chi connectivity index (χ3v) is 4.55. The molecular formula is C16H19NO2. The molecule has 1 aromatic carbocycles. The Balaban J connectivity index is 2.00. The predicted octanol–water partition coefficient (Wildman–Crippen LogP) is 3.19. The normalized spacial score (nSPS) is 32.4. The summed E-state index contributed by atoms with van der Waals surface area (Å²) in [5.41, 5.74) is 1.02. The van der Waals surface area contributed by atoms with Gasteiger partial charge in [0, 0.05) is 12.5 Å². The molecule has 3 nitrogen and oxygen atoms in total. The summed E-state index contributed by atoms with van der Waals surface area (Å²) >= 11 is 0. The number of rotatable bonds is 1. The fraction of sp³-hybridized carbons (Fsp3) is 0.438. The van der Waals surface area contributed by atoms with Crippen LogP contribution in [-0.4, -0.2) is 30.2 Å². The van der Waals surface area contributed by atoms with Gasteiger partial charge in [-0.2, -0.15) is 0 Å². The molecule has 2 bridgehead atoms. The van der Waals surface area contributed by atoms with E-state index >= 15 is 0 Å². The molecule has 2 aliphatic heterocycles. The van der Waals surface area contributed by atoms with Gasteiger partial charge < -0.3 is 4.74 Å². The van der Waals surface area contributed by atoms with Gasteiger partial charge in [-0.25, -0.2) is 4.79 Å². The van der Waals surface area contributed by atoms with E-state index in [2.05, 4.69) is 43.3 Å². The zero-order valence-corrected chi connectivity index (χ0v) is 11.4. The van der Waals surface area contributed by atoms with Crippen molar-refractivity contribution >= 4 is 6.09 Å². The molecule has 0 radical (unpaired) electrons. The summed E-state index contributed by atoms with van der Waals surface area (Å²) in [5.74, 6) is 0.780. The van der Waals surface area contributed by atoms with Gasteiger partial charge in [0.1, 0.15) is 0 Å². The lowest BCUT2D eigenvalue weighted by Gasteiger charge is -2.53. The highest BCUT2D eigenvalue weighted by molar-refractivity contribution is 5.70. The van der Waals surface area contributed by atoms with Crippen molar-refractivity contribution in [3.63, 3.8) is 0 Å². The van der Waals surface area contributed by atoms with Gasteiger partial charge in [-0.3, -0.25) is 4.90 Å². The summed E-state index contributed by atoms with van der Waals surface area (Å²) < 4.78 is 4.94. The van der Waals surface area contributed by atoms with Crippen LogP contribution in [0, 0.1) is 5.92 Å². The minimum absolute atomic E-state index is 0.225. The van der Waals surface area contributed by atoms with Crippen molar-refractivity contribution in [2.45, 2.75) is 24.8 Å². The summed E-state index contributed by atoms with van der Waals surface area (Å²) in [5, 5.41) is 0. The Morgan fingerprint density at radius 2 is 2.11 bits per heavy atom. The van der Waals surface area contributed by atoms with Crippen LogP contribution >= 0.6 is 0 Å². The lowest BCUT2D eigenvalue weighted by atomic mass is 9.66. The van der Waals surface area contributed by atoms with Gasteiger partial charge in [0.05, 0.1) is 12.6 Å². The van der Waals surface area contributed by atoms with Crippen molar-refractivity contribution in [1.82, 2.24) is 4.90 Å². The smallest absolute Gasteiger partial charge is 0.410 e. The van der Waals surface area contributed by atoms with Gasteiger partial charge in [-0.05, 0) is 24.8 Å². The molecule has 0 saturated carbocycles. The first-order valence-electron chi connectivity index (χ1n) is 6.75. The van der Waals surface area contributed by atoms with Crippen LogP contribution in [0.15, 0.2) is 42.5 Å². The van der Waals surface area contributed by atoms with Crippen LogP contribution < -0.4 is 0 Å². The summed E-state index contributed by atoms with van der Waals surface area (Å²) in [4.78, 5) is 13.9. The average molecular weight is 257 g/mol. The number of nitrogens with zero attached hydrogens (tertiary/aromatic N) is 1. The van der Waals surface area contributed by atoms with Crippen molar-refractivity contribution in [3.8, 4) is 0 Å². The number of piperidine rings is 1. The monoisotopic (exact) mass is 257 g/mol. The molecule has 1 fully saturated rings. The van der Waals surface area contributed by atoms with Crippen molar-refractivity contribution in [1.29, 1.82) is 0 Å². The first kappa shape index (κ1) is 12.3. The Bertz CT molecular complexity index is 511. The number of amides is 1. The predicted molar refractivity (Wildman–Crippen MR) is 73.9 cm³/mol. The van der Waals surface area contributed by atoms with Crippen LogP contribution in [0.25, 0.3) is 0 Å². The molecule has 3 heteroatoms. The molecule has 3 aliphatic rings. The lowest BCUT2D eigenvalue weighted by molar-refractivity contribution is 0.0348. The quantitative estimate of drug-likeness (QED) is 0.723. The second-order valence-electron chi connectivity index (χ2n) is 5.62. The van der Waals surface area contributed by atoms with Crippen molar-refractivity contribution in [3.05, 3.63) is 48.0 Å². The van der Waals surface area contributed by atoms with E-state index in [-0.39, 0.29) is 11.6 Å². The molecule has 1 amide bonds. The highest BCUT2D eigenvalue weighted by atomic mass is 16.5. The van der Waals surface area contributed by atoms with Crippen LogP contribution in [0.1, 0.15) is 24.8 Å². The molecule has 19 heavy (non-hydrogen) atoms. The highest BCUT2D eigenvalue weighted by Crippen LogP contribution is 2.47. The molecule has 1 aliphatic carbocycles. The van der Waals surface area contributed by atoms with Gasteiger partial charge in [0.2, 0.25) is 0 Å². The fourth-order valence-electron chi connectivity index (χ4n) is 3.45. The SMILES string of the molecule is COC(=O)N1C[C@@H]2C=C[C@@]1(C)[C@H](c1ccccc1)C2. The number of fused-ring (bicyclic) bond motifs is 2. The zero-order chi connectivity index (χ0) is 13.5. The standard InChI is InChI=1S/C16H19NO2/c1-16-9-8-12(11-17(16)15(18)19-2)10-14(16)13-6-4-3-5-7-13/h3-9,12,14H,10-11H2,1-2H3/t12-,14+,16+/m1/s1. The van der Waals surface area contributed by atoms with Crippen LogP contribution in [-0.2, 0) is 4.74 Å². The molecule has 1 saturated heterocycles. The maximum Gasteiger partial charge on any atom is 0.410 e. The van der Waals surface area contributed by atoms with Gasteiger partial charge in [-0.15, -0.1) is 0 Å². The second-order valence-corrected chi connectivity index (χ2v) is 5.62. The Morgan fingerprint density at radius 3 is 2.79 bits per heavy atom. The Kier molecular flexibility index (Phi) is 2.85. The van der Waals surface area contributed by atoms with E-state index in [9.17, 15) is 4.79 Å². The fourth-order valence-corrected chi connectivity index (χ4v) is 3.45. The van der Waals surface area contributed by atoms with E-state index in [0.717, 1.165) is 13.0 Å². The Hall–Kier alpha value is -1.77. The topological polar surface area (TPSA) is 29.5 Å². The van der Waals surface area contributed by atoms with Crippen LogP contribution in [0.3, 0.4) is 0 Å². The van der Waals surface area contributed by atoms with Crippen LogP contribution in [0.4, 0.5) is 4.79 Å². The first-order chi connectivity index (χ1) is 9.15. The van der Waals surface area contributed by atoms with E-state index in [0.29, 0.717) is 11.8 Å². The summed E-state index contributed by atoms with van der Waals surface area (Å²) in [6, 6.07) is 10.5. The zero-order valence-electron chi connectivity index (χ0n) is 11.4. The first-order valence-corrected chi connectivity index (χ1v) is 6.75. The minimum Gasteiger partial charge on any atom is -0.453 e. The number of hydrogen-bond donors (Lipinski definition) is 0. The number of carbonyl (C=O) groups excluding carboxylic acids is 1. The largest absolute Gasteiger partial charge is 0.453 e. The van der Waals surface area contributed by atoms with Crippen molar-refractivity contribution < 1.29 is 9.53 Å². The second kappa shape index (κ2) is 4.41. The number of ether oxygens (including phenoxy) is 1. The van der Waals surface area contributed by atoms with E-state index in [1.165, 1.54) is 12.7 Å². The van der Waals surface area contributed by atoms with Gasteiger partial charge >= 0.3 is 6.09 Å². The number of carbonyl (C=O) groups is 1. The third-order valence-electron chi connectivity index (χ3n) is 4.55. The lowest BCUT2D eigenvalue weighted by Crippen LogP contribution is -2.59. The molecule has 0 N–H and O–H groups in total. The maximum atomic E-state index is 12.0. The van der Waals surface area contributed by atoms with Gasteiger partial charge in [0.25, 0.3) is 0 Å². The number of hydrogen-bond acceptors (Lipinski definition) is 2. The van der Waals surface area contributed by atoms with Crippen LogP contribution in [0.5, 0.6) is 0 Å². The Labute approximate surface area is 113 Å². The molecule has 0 spiro atoms. The summed E-state index contributed by atoms with van der Waals surface area (Å²) in [6.45, 7) is 2.90. The highest BCUT2D eigenvalue weighted by Gasteiger charge is 2.49. The molecular weight excluding hydrogens is 238 g/mol. The Morgan fingerprint density at radius 1 is 1.37 bits per heavy atom. The van der Waals surface area contributed by atoms with E-state index in [1.807, 2.05) is 11.0 Å². The average Bonchev–Trinajstić information content (AvgIpc) is 2.47. The molecule has 3 atom stereocenters. The number of methoxy groups -OCH3 is 1.